The Labute approximate surface area is 160 Å². The molecule has 27 heavy (non-hydrogen) atoms. The molecule has 6 heteroatoms. The summed E-state index contributed by atoms with van der Waals surface area (Å²) in [6.45, 7) is 9.53. The molecular weight excluding hydrogens is 344 g/mol. The molecule has 2 aromatic rings. The second-order valence-electron chi connectivity index (χ2n) is 7.94. The Morgan fingerprint density at radius 3 is 1.81 bits per heavy atom. The lowest BCUT2D eigenvalue weighted by atomic mass is 9.78. The van der Waals surface area contributed by atoms with E-state index in [1.165, 1.54) is 19.1 Å². The topological polar surface area (TPSA) is 47.6 Å². The van der Waals surface area contributed by atoms with Crippen LogP contribution in [0.4, 0.5) is 4.39 Å². The van der Waals surface area contributed by atoms with E-state index in [0.717, 1.165) is 16.6 Å². The molecule has 0 unspecified atom stereocenters. The fraction of sp³-hybridized carbons (Fsp3) is 0.381. The van der Waals surface area contributed by atoms with Gasteiger partial charge in [0.2, 0.25) is 5.91 Å². The van der Waals surface area contributed by atoms with Crippen molar-refractivity contribution in [3.05, 3.63) is 65.5 Å². The number of amides is 1. The van der Waals surface area contributed by atoms with Crippen molar-refractivity contribution in [2.24, 2.45) is 0 Å². The van der Waals surface area contributed by atoms with E-state index in [-0.39, 0.29) is 17.8 Å². The zero-order valence-corrected chi connectivity index (χ0v) is 16.4. The molecule has 3 rings (SSSR count). The van der Waals surface area contributed by atoms with E-state index < -0.39 is 18.3 Å². The van der Waals surface area contributed by atoms with Gasteiger partial charge in [-0.1, -0.05) is 36.4 Å². The minimum Gasteiger partial charge on any atom is -0.399 e. The fourth-order valence-corrected chi connectivity index (χ4v) is 3.04. The van der Waals surface area contributed by atoms with Gasteiger partial charge in [0.15, 0.2) is 0 Å². The maximum absolute atomic E-state index is 13.3. The van der Waals surface area contributed by atoms with Crippen LogP contribution in [0.15, 0.2) is 48.5 Å². The van der Waals surface area contributed by atoms with E-state index in [0.29, 0.717) is 0 Å². The van der Waals surface area contributed by atoms with Crippen molar-refractivity contribution in [3.63, 3.8) is 0 Å². The standard InChI is InChI=1S/C21H25BFNO3/c1-14(25)24-19(16-8-12-18(23)13-9-16)15-6-10-17(11-7-15)22-26-20(2,3)21(4,5)27-22/h6-13,19H,1-5H3,(H,24,25)/t19-/m1/s1. The van der Waals surface area contributed by atoms with Gasteiger partial charge < -0.3 is 14.6 Å². The van der Waals surface area contributed by atoms with Crippen molar-refractivity contribution in [2.45, 2.75) is 51.9 Å². The lowest BCUT2D eigenvalue weighted by Crippen LogP contribution is -2.41. The highest BCUT2D eigenvalue weighted by Gasteiger charge is 2.51. The summed E-state index contributed by atoms with van der Waals surface area (Å²) in [4.78, 5) is 11.7. The summed E-state index contributed by atoms with van der Waals surface area (Å²) in [6.07, 6.45) is 0. The largest absolute Gasteiger partial charge is 0.494 e. The second kappa shape index (κ2) is 7.10. The van der Waals surface area contributed by atoms with E-state index in [9.17, 15) is 9.18 Å². The second-order valence-corrected chi connectivity index (χ2v) is 7.94. The highest BCUT2D eigenvalue weighted by molar-refractivity contribution is 6.62. The number of hydrogen-bond acceptors (Lipinski definition) is 3. The molecule has 0 bridgehead atoms. The molecular formula is C21H25BFNO3. The quantitative estimate of drug-likeness (QED) is 0.841. The van der Waals surface area contributed by atoms with E-state index in [1.807, 2.05) is 52.0 Å². The molecule has 4 nitrogen and oxygen atoms in total. The van der Waals surface area contributed by atoms with Gasteiger partial charge in [0.25, 0.3) is 0 Å². The third kappa shape index (κ3) is 4.07. The van der Waals surface area contributed by atoms with Crippen molar-refractivity contribution in [2.75, 3.05) is 0 Å². The number of rotatable bonds is 4. The summed E-state index contributed by atoms with van der Waals surface area (Å²) in [5.74, 6) is -0.462. The lowest BCUT2D eigenvalue weighted by Gasteiger charge is -2.32. The van der Waals surface area contributed by atoms with E-state index in [4.69, 9.17) is 9.31 Å². The molecule has 0 aromatic heterocycles. The van der Waals surface area contributed by atoms with Gasteiger partial charge in [0, 0.05) is 6.92 Å². The highest BCUT2D eigenvalue weighted by atomic mass is 19.1. The maximum atomic E-state index is 13.3. The first-order valence-electron chi connectivity index (χ1n) is 9.07. The first kappa shape index (κ1) is 19.6. The minimum absolute atomic E-state index is 0.153. The Kier molecular flexibility index (Phi) is 5.15. The smallest absolute Gasteiger partial charge is 0.399 e. The maximum Gasteiger partial charge on any atom is 0.494 e. The first-order chi connectivity index (χ1) is 12.6. The number of carbonyl (C=O) groups is 1. The van der Waals surface area contributed by atoms with Gasteiger partial charge >= 0.3 is 7.12 Å². The molecule has 1 N–H and O–H groups in total. The number of halogens is 1. The van der Waals surface area contributed by atoms with Crippen LogP contribution in [0.25, 0.3) is 0 Å². The van der Waals surface area contributed by atoms with Crippen LogP contribution in [-0.4, -0.2) is 24.2 Å². The number of benzene rings is 2. The Balaban J connectivity index is 1.86. The Morgan fingerprint density at radius 2 is 1.37 bits per heavy atom. The Morgan fingerprint density at radius 1 is 0.926 bits per heavy atom. The van der Waals surface area contributed by atoms with Crippen molar-refractivity contribution in [1.29, 1.82) is 0 Å². The van der Waals surface area contributed by atoms with E-state index in [1.54, 1.807) is 12.1 Å². The van der Waals surface area contributed by atoms with Gasteiger partial charge in [-0.3, -0.25) is 4.79 Å². The van der Waals surface area contributed by atoms with Crippen LogP contribution in [-0.2, 0) is 14.1 Å². The Bertz CT molecular complexity index is 802. The number of nitrogens with one attached hydrogen (secondary N) is 1. The van der Waals surface area contributed by atoms with E-state index in [2.05, 4.69) is 5.32 Å². The van der Waals surface area contributed by atoms with Gasteiger partial charge in [-0.05, 0) is 56.4 Å². The van der Waals surface area contributed by atoms with Crippen LogP contribution in [0.5, 0.6) is 0 Å². The predicted octanol–water partition coefficient (Wildman–Crippen LogP) is 3.35. The van der Waals surface area contributed by atoms with Crippen molar-refractivity contribution in [1.82, 2.24) is 5.32 Å². The zero-order chi connectivity index (χ0) is 19.8. The number of carbonyl (C=O) groups excluding carboxylic acids is 1. The van der Waals surface area contributed by atoms with Gasteiger partial charge in [-0.25, -0.2) is 4.39 Å². The molecule has 142 valence electrons. The van der Waals surface area contributed by atoms with Crippen LogP contribution in [0, 0.1) is 5.82 Å². The first-order valence-corrected chi connectivity index (χ1v) is 9.07. The minimum atomic E-state index is -0.436. The normalized spacial score (nSPS) is 19.0. The monoisotopic (exact) mass is 369 g/mol. The third-order valence-electron chi connectivity index (χ3n) is 5.35. The van der Waals surface area contributed by atoms with Crippen molar-refractivity contribution < 1.29 is 18.5 Å². The van der Waals surface area contributed by atoms with Crippen LogP contribution in [0.2, 0.25) is 0 Å². The van der Waals surface area contributed by atoms with Gasteiger partial charge in [-0.2, -0.15) is 0 Å². The molecule has 0 spiro atoms. The predicted molar refractivity (Wildman–Crippen MR) is 104 cm³/mol. The zero-order valence-electron chi connectivity index (χ0n) is 16.4. The van der Waals surface area contributed by atoms with Crippen LogP contribution in [0.3, 0.4) is 0 Å². The van der Waals surface area contributed by atoms with Crippen LogP contribution < -0.4 is 10.8 Å². The summed E-state index contributed by atoms with van der Waals surface area (Å²) in [5.41, 5.74) is 1.83. The van der Waals surface area contributed by atoms with Crippen molar-refractivity contribution >= 4 is 18.5 Å². The average Bonchev–Trinajstić information content (AvgIpc) is 2.81. The lowest BCUT2D eigenvalue weighted by molar-refractivity contribution is -0.119. The van der Waals surface area contributed by atoms with Gasteiger partial charge in [0.05, 0.1) is 17.2 Å². The molecule has 1 atom stereocenters. The van der Waals surface area contributed by atoms with Crippen molar-refractivity contribution in [3.8, 4) is 0 Å². The van der Waals surface area contributed by atoms with Gasteiger partial charge in [0.1, 0.15) is 5.82 Å². The third-order valence-corrected chi connectivity index (χ3v) is 5.35. The highest BCUT2D eigenvalue weighted by Crippen LogP contribution is 2.36. The number of hydrogen-bond donors (Lipinski definition) is 1. The molecule has 2 aromatic carbocycles. The molecule has 1 heterocycles. The molecule has 0 saturated carbocycles. The molecule has 0 aliphatic carbocycles. The summed E-state index contributed by atoms with van der Waals surface area (Å²) in [7, 11) is -0.436. The summed E-state index contributed by atoms with van der Waals surface area (Å²) >= 11 is 0. The molecule has 0 radical (unpaired) electrons. The average molecular weight is 369 g/mol. The molecule has 1 amide bonds. The fourth-order valence-electron chi connectivity index (χ4n) is 3.04. The summed E-state index contributed by atoms with van der Waals surface area (Å²) in [5, 5.41) is 2.92. The van der Waals surface area contributed by atoms with Crippen LogP contribution >= 0.6 is 0 Å². The molecule has 1 aliphatic heterocycles. The van der Waals surface area contributed by atoms with Crippen LogP contribution in [0.1, 0.15) is 51.8 Å². The summed E-state index contributed by atoms with van der Waals surface area (Å²) < 4.78 is 25.4. The Hall–Kier alpha value is -2.18. The van der Waals surface area contributed by atoms with Gasteiger partial charge in [-0.15, -0.1) is 0 Å². The molecule has 1 aliphatic rings. The molecule has 1 saturated heterocycles. The van der Waals surface area contributed by atoms with E-state index >= 15 is 0 Å². The molecule has 1 fully saturated rings. The SMILES string of the molecule is CC(=O)N[C@@H](c1ccc(F)cc1)c1ccc(B2OC(C)(C)C(C)(C)O2)cc1. The summed E-state index contributed by atoms with van der Waals surface area (Å²) in [6, 6.07) is 13.5.